The molecule has 0 amide bonds. The highest BCUT2D eigenvalue weighted by Gasteiger charge is 2.19. The van der Waals surface area contributed by atoms with Crippen LogP contribution in [-0.2, 0) is 6.42 Å². The van der Waals surface area contributed by atoms with Gasteiger partial charge in [0, 0.05) is 12.0 Å². The molecule has 104 valence electrons. The first-order chi connectivity index (χ1) is 10.2. The fraction of sp³-hybridized carbons (Fsp3) is 0.176. The van der Waals surface area contributed by atoms with Crippen LogP contribution in [0.4, 0.5) is 0 Å². The third kappa shape index (κ3) is 2.00. The molecule has 3 aromatic rings. The molecule has 1 atom stereocenters. The highest BCUT2D eigenvalue weighted by Crippen LogP contribution is 2.31. The maximum absolute atomic E-state index is 12.1. The van der Waals surface area contributed by atoms with Crippen LogP contribution in [0, 0.1) is 0 Å². The number of rotatable bonds is 1. The molecule has 2 heterocycles. The van der Waals surface area contributed by atoms with Crippen LogP contribution < -0.4 is 10.3 Å². The zero-order valence-corrected chi connectivity index (χ0v) is 11.6. The Balaban J connectivity index is 1.88. The van der Waals surface area contributed by atoms with Gasteiger partial charge in [0.15, 0.2) is 0 Å². The summed E-state index contributed by atoms with van der Waals surface area (Å²) >= 11 is 0. The van der Waals surface area contributed by atoms with Crippen LogP contribution >= 0.6 is 0 Å². The molecule has 2 aromatic carbocycles. The predicted molar refractivity (Wildman–Crippen MR) is 81.6 cm³/mol. The zero-order chi connectivity index (χ0) is 14.4. The van der Waals surface area contributed by atoms with Crippen LogP contribution in [0.1, 0.15) is 12.5 Å². The van der Waals surface area contributed by atoms with Crippen LogP contribution in [0.3, 0.4) is 0 Å². The van der Waals surface area contributed by atoms with Crippen LogP contribution in [-0.4, -0.2) is 16.1 Å². The average molecular weight is 278 g/mol. The van der Waals surface area contributed by atoms with E-state index in [0.717, 1.165) is 23.3 Å². The highest BCUT2D eigenvalue weighted by molar-refractivity contribution is 5.79. The van der Waals surface area contributed by atoms with E-state index in [1.54, 1.807) is 6.07 Å². The molecular weight excluding hydrogens is 264 g/mol. The van der Waals surface area contributed by atoms with E-state index in [1.165, 1.54) is 0 Å². The Labute approximate surface area is 121 Å². The number of ether oxygens (including phenoxy) is 1. The molecule has 1 unspecified atom stereocenters. The highest BCUT2D eigenvalue weighted by atomic mass is 16.5. The SMILES string of the molecule is CC1Cc2cc(-c3nc4ccccc4c(=O)[nH]3)ccc2O1. The largest absolute Gasteiger partial charge is 0.490 e. The first-order valence-corrected chi connectivity index (χ1v) is 7.00. The third-order valence-electron chi connectivity index (χ3n) is 3.78. The monoisotopic (exact) mass is 278 g/mol. The van der Waals surface area contributed by atoms with Crippen molar-refractivity contribution in [2.45, 2.75) is 19.4 Å². The molecule has 0 saturated carbocycles. The van der Waals surface area contributed by atoms with E-state index in [1.807, 2.05) is 36.4 Å². The van der Waals surface area contributed by atoms with E-state index in [-0.39, 0.29) is 11.7 Å². The smallest absolute Gasteiger partial charge is 0.259 e. The van der Waals surface area contributed by atoms with Gasteiger partial charge in [0.05, 0.1) is 10.9 Å². The molecule has 0 spiro atoms. The Kier molecular flexibility index (Phi) is 2.57. The van der Waals surface area contributed by atoms with E-state index in [9.17, 15) is 4.79 Å². The Morgan fingerprint density at radius 1 is 1.24 bits per heavy atom. The number of aromatic nitrogens is 2. The minimum atomic E-state index is -0.110. The van der Waals surface area contributed by atoms with Gasteiger partial charge in [-0.1, -0.05) is 12.1 Å². The van der Waals surface area contributed by atoms with Crippen molar-refractivity contribution < 1.29 is 4.74 Å². The van der Waals surface area contributed by atoms with Crippen molar-refractivity contribution in [3.63, 3.8) is 0 Å². The van der Waals surface area contributed by atoms with Crippen molar-refractivity contribution in [1.29, 1.82) is 0 Å². The third-order valence-corrected chi connectivity index (χ3v) is 3.78. The van der Waals surface area contributed by atoms with Crippen molar-refractivity contribution >= 4 is 10.9 Å². The summed E-state index contributed by atoms with van der Waals surface area (Å²) in [5, 5.41) is 0.611. The quantitative estimate of drug-likeness (QED) is 0.744. The van der Waals surface area contributed by atoms with Gasteiger partial charge in [-0.25, -0.2) is 4.98 Å². The average Bonchev–Trinajstić information content (AvgIpc) is 2.86. The summed E-state index contributed by atoms with van der Waals surface area (Å²) in [7, 11) is 0. The number of aromatic amines is 1. The fourth-order valence-electron chi connectivity index (χ4n) is 2.79. The van der Waals surface area contributed by atoms with E-state index in [0.29, 0.717) is 16.7 Å². The summed E-state index contributed by atoms with van der Waals surface area (Å²) in [6.07, 6.45) is 1.10. The van der Waals surface area contributed by atoms with Gasteiger partial charge in [-0.15, -0.1) is 0 Å². The summed E-state index contributed by atoms with van der Waals surface area (Å²) in [4.78, 5) is 19.6. The number of nitrogens with zero attached hydrogens (tertiary/aromatic N) is 1. The number of benzene rings is 2. The van der Waals surface area contributed by atoms with Gasteiger partial charge >= 0.3 is 0 Å². The second-order valence-corrected chi connectivity index (χ2v) is 5.39. The minimum absolute atomic E-state index is 0.110. The molecule has 0 fully saturated rings. The molecule has 1 aliphatic heterocycles. The molecule has 1 N–H and O–H groups in total. The second kappa shape index (κ2) is 4.45. The molecule has 0 radical (unpaired) electrons. The Morgan fingerprint density at radius 3 is 3.00 bits per heavy atom. The molecule has 21 heavy (non-hydrogen) atoms. The normalized spacial score (nSPS) is 16.7. The number of nitrogens with one attached hydrogen (secondary N) is 1. The Bertz CT molecular complexity index is 899. The number of para-hydroxylation sites is 1. The first kappa shape index (κ1) is 12.1. The molecule has 1 aromatic heterocycles. The molecule has 4 heteroatoms. The van der Waals surface area contributed by atoms with E-state index < -0.39 is 0 Å². The summed E-state index contributed by atoms with van der Waals surface area (Å²) in [6.45, 7) is 2.05. The van der Waals surface area contributed by atoms with Gasteiger partial charge in [-0.05, 0) is 42.8 Å². The zero-order valence-electron chi connectivity index (χ0n) is 11.6. The lowest BCUT2D eigenvalue weighted by atomic mass is 10.1. The maximum Gasteiger partial charge on any atom is 0.259 e. The first-order valence-electron chi connectivity index (χ1n) is 7.00. The molecular formula is C17H14N2O2. The van der Waals surface area contributed by atoms with Crippen molar-refractivity contribution in [3.8, 4) is 17.1 Å². The lowest BCUT2D eigenvalue weighted by Crippen LogP contribution is -2.09. The number of H-pyrrole nitrogens is 1. The van der Waals surface area contributed by atoms with E-state index in [4.69, 9.17) is 4.74 Å². The fourth-order valence-corrected chi connectivity index (χ4v) is 2.79. The lowest BCUT2D eigenvalue weighted by Gasteiger charge is -2.05. The van der Waals surface area contributed by atoms with Crippen molar-refractivity contribution in [3.05, 3.63) is 58.4 Å². The van der Waals surface area contributed by atoms with Crippen LogP contribution in [0.15, 0.2) is 47.3 Å². The number of fused-ring (bicyclic) bond motifs is 2. The second-order valence-electron chi connectivity index (χ2n) is 5.39. The number of hydrogen-bond donors (Lipinski definition) is 1. The lowest BCUT2D eigenvalue weighted by molar-refractivity contribution is 0.254. The van der Waals surface area contributed by atoms with Gasteiger partial charge in [0.2, 0.25) is 0 Å². The topological polar surface area (TPSA) is 55.0 Å². The summed E-state index contributed by atoms with van der Waals surface area (Å²) in [5.41, 5.74) is 2.67. The summed E-state index contributed by atoms with van der Waals surface area (Å²) in [6, 6.07) is 13.3. The van der Waals surface area contributed by atoms with Gasteiger partial charge in [0.25, 0.3) is 5.56 Å². The van der Waals surface area contributed by atoms with E-state index >= 15 is 0 Å². The molecule has 0 aliphatic carbocycles. The van der Waals surface area contributed by atoms with Gasteiger partial charge < -0.3 is 9.72 Å². The summed E-state index contributed by atoms with van der Waals surface area (Å²) in [5.74, 6) is 1.52. The molecule has 1 aliphatic rings. The molecule has 4 rings (SSSR count). The van der Waals surface area contributed by atoms with Gasteiger partial charge in [0.1, 0.15) is 17.7 Å². The molecule has 0 bridgehead atoms. The standard InChI is InChI=1S/C17H14N2O2/c1-10-8-12-9-11(6-7-15(12)21-10)16-18-14-5-3-2-4-13(14)17(20)19-16/h2-7,9-10H,8H2,1H3,(H,18,19,20). The Morgan fingerprint density at radius 2 is 2.10 bits per heavy atom. The number of hydrogen-bond acceptors (Lipinski definition) is 3. The Hall–Kier alpha value is -2.62. The predicted octanol–water partition coefficient (Wildman–Crippen LogP) is 2.91. The maximum atomic E-state index is 12.1. The van der Waals surface area contributed by atoms with Gasteiger partial charge in [-0.2, -0.15) is 0 Å². The van der Waals surface area contributed by atoms with Crippen LogP contribution in [0.2, 0.25) is 0 Å². The molecule has 4 nitrogen and oxygen atoms in total. The minimum Gasteiger partial charge on any atom is -0.490 e. The van der Waals surface area contributed by atoms with Crippen LogP contribution in [0.25, 0.3) is 22.3 Å². The van der Waals surface area contributed by atoms with Crippen molar-refractivity contribution in [2.24, 2.45) is 0 Å². The van der Waals surface area contributed by atoms with Gasteiger partial charge in [-0.3, -0.25) is 4.79 Å². The van der Waals surface area contributed by atoms with Crippen LogP contribution in [0.5, 0.6) is 5.75 Å². The summed E-state index contributed by atoms with van der Waals surface area (Å²) < 4.78 is 5.70. The van der Waals surface area contributed by atoms with Crippen molar-refractivity contribution in [2.75, 3.05) is 0 Å². The molecule has 0 saturated heterocycles. The van der Waals surface area contributed by atoms with Crippen molar-refractivity contribution in [1.82, 2.24) is 9.97 Å². The van der Waals surface area contributed by atoms with E-state index in [2.05, 4.69) is 16.9 Å².